The molecule has 0 aliphatic rings. The minimum Gasteiger partial charge on any atom is -0.399 e. The maximum atomic E-state index is 12.0. The zero-order valence-electron chi connectivity index (χ0n) is 9.45. The van der Waals surface area contributed by atoms with Crippen LogP contribution in [0.5, 0.6) is 0 Å². The number of nitrogens with zero attached hydrogens (tertiary/aromatic N) is 1. The van der Waals surface area contributed by atoms with Gasteiger partial charge in [0.25, 0.3) is 5.91 Å². The lowest BCUT2D eigenvalue weighted by molar-refractivity contribution is 0.0804. The molecule has 0 fully saturated rings. The SMILES string of the molecule is CCN(C)C(=O)c1c[nH]c2cc(N)ccc12. The van der Waals surface area contributed by atoms with E-state index in [1.54, 1.807) is 24.2 Å². The number of amides is 1. The predicted octanol–water partition coefficient (Wildman–Crippen LogP) is 1.84. The van der Waals surface area contributed by atoms with Crippen molar-refractivity contribution in [1.82, 2.24) is 9.88 Å². The molecule has 0 radical (unpaired) electrons. The first kappa shape index (κ1) is 10.5. The number of carbonyl (C=O) groups is 1. The van der Waals surface area contributed by atoms with Crippen LogP contribution in [-0.2, 0) is 0 Å². The number of anilines is 1. The minimum atomic E-state index is 0.0264. The van der Waals surface area contributed by atoms with Crippen LogP contribution in [0.4, 0.5) is 5.69 Å². The summed E-state index contributed by atoms with van der Waals surface area (Å²) in [5.74, 6) is 0.0264. The van der Waals surface area contributed by atoms with Gasteiger partial charge in [-0.2, -0.15) is 0 Å². The van der Waals surface area contributed by atoms with E-state index >= 15 is 0 Å². The summed E-state index contributed by atoms with van der Waals surface area (Å²) < 4.78 is 0. The van der Waals surface area contributed by atoms with E-state index in [9.17, 15) is 4.79 Å². The van der Waals surface area contributed by atoms with Gasteiger partial charge in [-0.15, -0.1) is 0 Å². The first-order valence-corrected chi connectivity index (χ1v) is 5.25. The van der Waals surface area contributed by atoms with Gasteiger partial charge in [-0.25, -0.2) is 0 Å². The van der Waals surface area contributed by atoms with Crippen molar-refractivity contribution in [1.29, 1.82) is 0 Å². The highest BCUT2D eigenvalue weighted by atomic mass is 16.2. The van der Waals surface area contributed by atoms with E-state index in [0.29, 0.717) is 17.8 Å². The zero-order valence-corrected chi connectivity index (χ0v) is 9.45. The highest BCUT2D eigenvalue weighted by molar-refractivity contribution is 6.07. The zero-order chi connectivity index (χ0) is 11.7. The van der Waals surface area contributed by atoms with Crippen molar-refractivity contribution >= 4 is 22.5 Å². The monoisotopic (exact) mass is 217 g/mol. The number of H-pyrrole nitrogens is 1. The number of nitrogen functional groups attached to an aromatic ring is 1. The molecule has 0 unspecified atom stereocenters. The average molecular weight is 217 g/mol. The van der Waals surface area contributed by atoms with Gasteiger partial charge >= 0.3 is 0 Å². The Morgan fingerprint density at radius 1 is 1.50 bits per heavy atom. The van der Waals surface area contributed by atoms with Crippen LogP contribution < -0.4 is 5.73 Å². The maximum Gasteiger partial charge on any atom is 0.255 e. The number of nitrogens with two attached hydrogens (primary N) is 1. The lowest BCUT2D eigenvalue weighted by Gasteiger charge is -2.13. The van der Waals surface area contributed by atoms with Crippen LogP contribution in [0.3, 0.4) is 0 Å². The highest BCUT2D eigenvalue weighted by Gasteiger charge is 2.14. The molecule has 3 N–H and O–H groups in total. The fourth-order valence-corrected chi connectivity index (χ4v) is 1.67. The van der Waals surface area contributed by atoms with Gasteiger partial charge in [-0.1, -0.05) is 0 Å². The molecular weight excluding hydrogens is 202 g/mol. The molecule has 1 aromatic heterocycles. The summed E-state index contributed by atoms with van der Waals surface area (Å²) in [6, 6.07) is 5.51. The molecule has 4 nitrogen and oxygen atoms in total. The molecule has 4 heteroatoms. The molecule has 0 spiro atoms. The molecule has 1 amide bonds. The molecule has 2 aromatic rings. The number of aromatic amines is 1. The second-order valence-electron chi connectivity index (χ2n) is 3.83. The molecular formula is C12H15N3O. The highest BCUT2D eigenvalue weighted by Crippen LogP contribution is 2.21. The van der Waals surface area contributed by atoms with Gasteiger partial charge in [-0.05, 0) is 25.1 Å². The van der Waals surface area contributed by atoms with Crippen LogP contribution in [0, 0.1) is 0 Å². The van der Waals surface area contributed by atoms with E-state index in [1.165, 1.54) is 0 Å². The molecule has 0 aliphatic heterocycles. The van der Waals surface area contributed by atoms with E-state index in [1.807, 2.05) is 19.1 Å². The van der Waals surface area contributed by atoms with E-state index in [0.717, 1.165) is 10.9 Å². The second-order valence-corrected chi connectivity index (χ2v) is 3.83. The smallest absolute Gasteiger partial charge is 0.255 e. The average Bonchev–Trinajstić information content (AvgIpc) is 2.69. The van der Waals surface area contributed by atoms with E-state index in [4.69, 9.17) is 5.73 Å². The van der Waals surface area contributed by atoms with Crippen molar-refractivity contribution in [3.8, 4) is 0 Å². The van der Waals surface area contributed by atoms with Crippen LogP contribution in [0.2, 0.25) is 0 Å². The summed E-state index contributed by atoms with van der Waals surface area (Å²) >= 11 is 0. The lowest BCUT2D eigenvalue weighted by Crippen LogP contribution is -2.25. The largest absolute Gasteiger partial charge is 0.399 e. The molecule has 0 aliphatic carbocycles. The third-order valence-electron chi connectivity index (χ3n) is 2.76. The molecule has 0 saturated carbocycles. The topological polar surface area (TPSA) is 62.1 Å². The molecule has 2 rings (SSSR count). The van der Waals surface area contributed by atoms with Crippen molar-refractivity contribution < 1.29 is 4.79 Å². The molecule has 1 aromatic carbocycles. The van der Waals surface area contributed by atoms with Crippen molar-refractivity contribution in [2.45, 2.75) is 6.92 Å². The number of benzene rings is 1. The third-order valence-corrected chi connectivity index (χ3v) is 2.76. The summed E-state index contributed by atoms with van der Waals surface area (Å²) in [5.41, 5.74) is 7.96. The van der Waals surface area contributed by atoms with Gasteiger partial charge in [-0.3, -0.25) is 4.79 Å². The van der Waals surface area contributed by atoms with Crippen molar-refractivity contribution in [2.24, 2.45) is 0 Å². The number of fused-ring (bicyclic) bond motifs is 1. The van der Waals surface area contributed by atoms with Gasteiger partial charge in [0.2, 0.25) is 0 Å². The summed E-state index contributed by atoms with van der Waals surface area (Å²) in [6.45, 7) is 2.64. The number of aromatic nitrogens is 1. The van der Waals surface area contributed by atoms with Crippen molar-refractivity contribution in [3.05, 3.63) is 30.0 Å². The van der Waals surface area contributed by atoms with Crippen LogP contribution in [0.1, 0.15) is 17.3 Å². The Morgan fingerprint density at radius 3 is 2.94 bits per heavy atom. The van der Waals surface area contributed by atoms with Gasteiger partial charge in [0.1, 0.15) is 0 Å². The number of hydrogen-bond acceptors (Lipinski definition) is 2. The molecule has 0 bridgehead atoms. The summed E-state index contributed by atoms with van der Waals surface area (Å²) in [5, 5.41) is 0.916. The van der Waals surface area contributed by atoms with Crippen LogP contribution >= 0.6 is 0 Å². The van der Waals surface area contributed by atoms with Crippen LogP contribution in [-0.4, -0.2) is 29.4 Å². The van der Waals surface area contributed by atoms with Gasteiger partial charge in [0.05, 0.1) is 5.56 Å². The second kappa shape index (κ2) is 3.89. The fraction of sp³-hybridized carbons (Fsp3) is 0.250. The molecule has 84 valence electrons. The van der Waals surface area contributed by atoms with Gasteiger partial charge < -0.3 is 15.6 Å². The number of carbonyl (C=O) groups excluding carboxylic acids is 1. The van der Waals surface area contributed by atoms with Crippen LogP contribution in [0.25, 0.3) is 10.9 Å². The minimum absolute atomic E-state index is 0.0264. The molecule has 0 atom stereocenters. The Kier molecular flexibility index (Phi) is 2.56. The van der Waals surface area contributed by atoms with Crippen molar-refractivity contribution in [3.63, 3.8) is 0 Å². The van der Waals surface area contributed by atoms with E-state index in [-0.39, 0.29) is 5.91 Å². The Bertz CT molecular complexity index is 530. The Labute approximate surface area is 94.0 Å². The Morgan fingerprint density at radius 2 is 2.25 bits per heavy atom. The standard InChI is InChI=1S/C12H15N3O/c1-3-15(2)12(16)10-7-14-11-6-8(13)4-5-9(10)11/h4-7,14H,3,13H2,1-2H3. The summed E-state index contributed by atoms with van der Waals surface area (Å²) in [4.78, 5) is 16.8. The molecule has 0 saturated heterocycles. The maximum absolute atomic E-state index is 12.0. The number of nitrogens with one attached hydrogen (secondary N) is 1. The third kappa shape index (κ3) is 1.62. The normalized spacial score (nSPS) is 10.6. The number of rotatable bonds is 2. The Hall–Kier alpha value is -1.97. The molecule has 1 heterocycles. The predicted molar refractivity (Wildman–Crippen MR) is 65.3 cm³/mol. The van der Waals surface area contributed by atoms with Gasteiger partial charge in [0, 0.05) is 36.4 Å². The van der Waals surface area contributed by atoms with E-state index < -0.39 is 0 Å². The quantitative estimate of drug-likeness (QED) is 0.754. The Balaban J connectivity index is 2.50. The van der Waals surface area contributed by atoms with Gasteiger partial charge in [0.15, 0.2) is 0 Å². The first-order valence-electron chi connectivity index (χ1n) is 5.25. The first-order chi connectivity index (χ1) is 7.63. The lowest BCUT2D eigenvalue weighted by atomic mass is 10.1. The van der Waals surface area contributed by atoms with Crippen molar-refractivity contribution in [2.75, 3.05) is 19.3 Å². The summed E-state index contributed by atoms with van der Waals surface area (Å²) in [6.07, 6.45) is 1.73. The van der Waals surface area contributed by atoms with E-state index in [2.05, 4.69) is 4.98 Å². The van der Waals surface area contributed by atoms with Crippen LogP contribution in [0.15, 0.2) is 24.4 Å². The number of hydrogen-bond donors (Lipinski definition) is 2. The summed E-state index contributed by atoms with van der Waals surface area (Å²) in [7, 11) is 1.79. The fourth-order valence-electron chi connectivity index (χ4n) is 1.67. The molecule has 16 heavy (non-hydrogen) atoms.